The van der Waals surface area contributed by atoms with Crippen molar-refractivity contribution in [3.63, 3.8) is 0 Å². The fourth-order valence-corrected chi connectivity index (χ4v) is 3.02. The molecule has 2 aromatic heterocycles. The van der Waals surface area contributed by atoms with Crippen LogP contribution in [-0.2, 0) is 6.54 Å². The number of hydrogen-bond acceptors (Lipinski definition) is 5. The highest BCUT2D eigenvalue weighted by atomic mass is 32.2. The zero-order valence-corrected chi connectivity index (χ0v) is 13.1. The average molecular weight is 302 g/mol. The van der Waals surface area contributed by atoms with Crippen molar-refractivity contribution in [1.29, 1.82) is 5.41 Å². The van der Waals surface area contributed by atoms with E-state index in [9.17, 15) is 0 Å². The van der Waals surface area contributed by atoms with E-state index >= 15 is 0 Å². The minimum absolute atomic E-state index is 0.00713. The van der Waals surface area contributed by atoms with E-state index in [1.54, 1.807) is 24.3 Å². The van der Waals surface area contributed by atoms with Crippen LogP contribution >= 0.6 is 11.8 Å². The molecule has 7 heteroatoms. The maximum absolute atomic E-state index is 8.47. The third kappa shape index (κ3) is 2.27. The van der Waals surface area contributed by atoms with Gasteiger partial charge in [-0.15, -0.1) is 11.8 Å². The topological polar surface area (TPSA) is 81.8 Å². The van der Waals surface area contributed by atoms with Crippen LogP contribution in [0.15, 0.2) is 23.6 Å². The van der Waals surface area contributed by atoms with Crippen molar-refractivity contribution in [2.75, 3.05) is 6.26 Å². The lowest BCUT2D eigenvalue weighted by atomic mass is 10.1. The largest absolute Gasteiger partial charge is 0.358 e. The molecule has 3 heterocycles. The summed E-state index contributed by atoms with van der Waals surface area (Å²) < 4.78 is 1.94. The van der Waals surface area contributed by atoms with Crippen molar-refractivity contribution in [3.8, 4) is 11.3 Å². The van der Waals surface area contributed by atoms with Crippen molar-refractivity contribution in [2.45, 2.75) is 25.9 Å². The van der Waals surface area contributed by atoms with Crippen molar-refractivity contribution < 1.29 is 0 Å². The van der Waals surface area contributed by atoms with E-state index in [-0.39, 0.29) is 5.50 Å². The predicted octanol–water partition coefficient (Wildman–Crippen LogP) is 0.375. The fourth-order valence-electron chi connectivity index (χ4n) is 2.52. The summed E-state index contributed by atoms with van der Waals surface area (Å²) in [5.74, 6) is 0. The fraction of sp³-hybridized carbons (Fsp3) is 0.357. The third-order valence-corrected chi connectivity index (χ3v) is 4.29. The highest BCUT2D eigenvalue weighted by Crippen LogP contribution is 2.10. The number of aromatic amines is 1. The first-order valence-corrected chi connectivity index (χ1v) is 8.09. The van der Waals surface area contributed by atoms with Crippen LogP contribution in [0.5, 0.6) is 0 Å². The molecule has 0 aromatic carbocycles. The van der Waals surface area contributed by atoms with E-state index in [1.165, 1.54) is 0 Å². The Bertz CT molecular complexity index is 834. The second-order valence-corrected chi connectivity index (χ2v) is 5.76. The molecule has 0 spiro atoms. The van der Waals surface area contributed by atoms with Gasteiger partial charge in [-0.2, -0.15) is 0 Å². The van der Waals surface area contributed by atoms with Crippen LogP contribution in [0.3, 0.4) is 0 Å². The van der Waals surface area contributed by atoms with Gasteiger partial charge in [-0.25, -0.2) is 9.98 Å². The summed E-state index contributed by atoms with van der Waals surface area (Å²) in [5.41, 5.74) is 4.12. The number of thioether (sulfide) groups is 1. The molecule has 0 amide bonds. The molecule has 2 aromatic rings. The number of imidazole rings is 1. The number of nitrogens with one attached hydrogen (secondary N) is 3. The van der Waals surface area contributed by atoms with E-state index in [0.717, 1.165) is 27.7 Å². The third-order valence-electron chi connectivity index (χ3n) is 3.62. The Morgan fingerprint density at radius 2 is 2.29 bits per heavy atom. The summed E-state index contributed by atoms with van der Waals surface area (Å²) in [4.78, 5) is 11.8. The Balaban J connectivity index is 2.40. The maximum Gasteiger partial charge on any atom is 0.168 e. The summed E-state index contributed by atoms with van der Waals surface area (Å²) in [6, 6.07) is 2.01. The van der Waals surface area contributed by atoms with Gasteiger partial charge in [0.15, 0.2) is 5.50 Å². The first-order chi connectivity index (χ1) is 10.2. The van der Waals surface area contributed by atoms with Crippen LogP contribution in [0.2, 0.25) is 0 Å². The van der Waals surface area contributed by atoms with Gasteiger partial charge >= 0.3 is 0 Å². The van der Waals surface area contributed by atoms with E-state index in [1.807, 2.05) is 23.8 Å². The number of pyridine rings is 1. The smallest absolute Gasteiger partial charge is 0.168 e. The van der Waals surface area contributed by atoms with Gasteiger partial charge in [-0.05, 0) is 26.2 Å². The molecular formula is C14H18N6S. The van der Waals surface area contributed by atoms with Crippen LogP contribution in [-0.4, -0.2) is 26.3 Å². The van der Waals surface area contributed by atoms with Crippen LogP contribution in [0.4, 0.5) is 0 Å². The summed E-state index contributed by atoms with van der Waals surface area (Å²) in [7, 11) is 0. The van der Waals surface area contributed by atoms with Crippen molar-refractivity contribution in [3.05, 3.63) is 34.8 Å². The molecule has 0 saturated carbocycles. The highest BCUT2D eigenvalue weighted by molar-refractivity contribution is 7.99. The van der Waals surface area contributed by atoms with Gasteiger partial charge in [0.05, 0.1) is 18.2 Å². The zero-order valence-electron chi connectivity index (χ0n) is 12.3. The molecule has 0 radical (unpaired) electrons. The van der Waals surface area contributed by atoms with Crippen LogP contribution < -0.4 is 21.5 Å². The SMILES string of the molecule is CCn1c(=N)c(-c2cnc[nH]2)cc2c1=NC(SC)NC=2C. The van der Waals surface area contributed by atoms with E-state index in [0.29, 0.717) is 12.0 Å². The van der Waals surface area contributed by atoms with Gasteiger partial charge in [-0.3, -0.25) is 5.41 Å². The predicted molar refractivity (Wildman–Crippen MR) is 83.8 cm³/mol. The molecular weight excluding hydrogens is 284 g/mol. The first kappa shape index (κ1) is 13.9. The molecule has 0 bridgehead atoms. The second kappa shape index (κ2) is 5.40. The minimum Gasteiger partial charge on any atom is -0.358 e. The molecule has 21 heavy (non-hydrogen) atoms. The molecule has 0 saturated heterocycles. The monoisotopic (exact) mass is 302 g/mol. The van der Waals surface area contributed by atoms with E-state index in [4.69, 9.17) is 10.4 Å². The van der Waals surface area contributed by atoms with E-state index < -0.39 is 0 Å². The van der Waals surface area contributed by atoms with Crippen LogP contribution in [0.1, 0.15) is 13.8 Å². The highest BCUT2D eigenvalue weighted by Gasteiger charge is 2.15. The number of H-pyrrole nitrogens is 1. The minimum atomic E-state index is 0.00713. The molecule has 1 aliphatic rings. The molecule has 1 unspecified atom stereocenters. The molecule has 1 atom stereocenters. The lowest BCUT2D eigenvalue weighted by Crippen LogP contribution is -2.50. The Labute approximate surface area is 126 Å². The maximum atomic E-state index is 8.47. The van der Waals surface area contributed by atoms with Gasteiger partial charge in [0, 0.05) is 23.0 Å². The van der Waals surface area contributed by atoms with Crippen LogP contribution in [0, 0.1) is 5.41 Å². The Kier molecular flexibility index (Phi) is 3.59. The van der Waals surface area contributed by atoms with E-state index in [2.05, 4.69) is 22.2 Å². The van der Waals surface area contributed by atoms with Gasteiger partial charge in [-0.1, -0.05) is 0 Å². The summed E-state index contributed by atoms with van der Waals surface area (Å²) >= 11 is 1.65. The molecule has 110 valence electrons. The van der Waals surface area contributed by atoms with Crippen molar-refractivity contribution >= 4 is 17.5 Å². The number of nitrogens with zero attached hydrogens (tertiary/aromatic N) is 3. The summed E-state index contributed by atoms with van der Waals surface area (Å²) in [6.07, 6.45) is 5.40. The second-order valence-electron chi connectivity index (χ2n) is 4.84. The molecule has 3 rings (SSSR count). The quantitative estimate of drug-likeness (QED) is 0.766. The van der Waals surface area contributed by atoms with Crippen LogP contribution in [0.25, 0.3) is 17.0 Å². The summed E-state index contributed by atoms with van der Waals surface area (Å²) in [6.45, 7) is 4.80. The summed E-state index contributed by atoms with van der Waals surface area (Å²) in [5, 5.41) is 12.9. The molecule has 6 nitrogen and oxygen atoms in total. The van der Waals surface area contributed by atoms with Gasteiger partial charge in [0.1, 0.15) is 11.0 Å². The van der Waals surface area contributed by atoms with Gasteiger partial charge < -0.3 is 14.9 Å². The molecule has 1 aliphatic heterocycles. The van der Waals surface area contributed by atoms with Crippen molar-refractivity contribution in [2.24, 2.45) is 4.99 Å². The van der Waals surface area contributed by atoms with Crippen molar-refractivity contribution in [1.82, 2.24) is 19.9 Å². The number of rotatable bonds is 3. The Morgan fingerprint density at radius 1 is 1.48 bits per heavy atom. The number of hydrogen-bond donors (Lipinski definition) is 3. The molecule has 0 aliphatic carbocycles. The molecule has 3 N–H and O–H groups in total. The number of aromatic nitrogens is 3. The average Bonchev–Trinajstić information content (AvgIpc) is 3.00. The number of fused-ring (bicyclic) bond motifs is 1. The normalized spacial score (nSPS) is 17.1. The van der Waals surface area contributed by atoms with Gasteiger partial charge in [0.2, 0.25) is 0 Å². The standard InChI is InChI=1S/C14H18N6S/c1-4-20-12(15)10(11-6-16-7-17-11)5-9-8(2)18-14(21-3)19-13(9)20/h5-7,14-15,18H,4H2,1-3H3,(H,16,17). The Morgan fingerprint density at radius 3 is 2.90 bits per heavy atom. The zero-order chi connectivity index (χ0) is 15.0. The van der Waals surface area contributed by atoms with Gasteiger partial charge in [0.25, 0.3) is 0 Å². The lowest BCUT2D eigenvalue weighted by Gasteiger charge is -2.20. The first-order valence-electron chi connectivity index (χ1n) is 6.81. The Hall–Kier alpha value is -2.02. The molecule has 0 fully saturated rings. The lowest BCUT2D eigenvalue weighted by molar-refractivity contribution is 0.627.